The maximum absolute atomic E-state index is 12.8. The largest absolute Gasteiger partial charge is 0.493 e. The third-order valence-corrected chi connectivity index (χ3v) is 3.56. The number of benzene rings is 2. The second-order valence-corrected chi connectivity index (χ2v) is 5.64. The van der Waals surface area contributed by atoms with Gasteiger partial charge >= 0.3 is 11.8 Å². The first-order valence-corrected chi connectivity index (χ1v) is 8.11. The van der Waals surface area contributed by atoms with Gasteiger partial charge in [-0.3, -0.25) is 9.59 Å². The van der Waals surface area contributed by atoms with E-state index in [1.165, 1.54) is 30.5 Å². The number of ether oxygens (including phenoxy) is 1. The molecule has 8 heteroatoms. The highest BCUT2D eigenvalue weighted by Crippen LogP contribution is 2.25. The Morgan fingerprint density at radius 1 is 1.20 bits per heavy atom. The highest BCUT2D eigenvalue weighted by Gasteiger charge is 2.12. The fourth-order valence-electron chi connectivity index (χ4n) is 1.81. The average Bonchev–Trinajstić information content (AvgIpc) is 2.59. The molecule has 2 aromatic carbocycles. The van der Waals surface area contributed by atoms with Crippen molar-refractivity contribution in [2.75, 3.05) is 11.9 Å². The molecule has 2 rings (SSSR count). The quantitative estimate of drug-likeness (QED) is 0.454. The van der Waals surface area contributed by atoms with Gasteiger partial charge in [0.25, 0.3) is 0 Å². The first-order chi connectivity index (χ1) is 12.0. The van der Waals surface area contributed by atoms with Crippen LogP contribution in [0.1, 0.15) is 12.5 Å². The second kappa shape index (κ2) is 8.93. The molecule has 0 radical (unpaired) electrons. The Balaban J connectivity index is 1.90. The molecule has 0 bridgehead atoms. The van der Waals surface area contributed by atoms with Crippen LogP contribution in [0, 0.1) is 5.82 Å². The minimum atomic E-state index is -0.939. The van der Waals surface area contributed by atoms with Gasteiger partial charge < -0.3 is 10.1 Å². The van der Waals surface area contributed by atoms with Crippen LogP contribution < -0.4 is 15.5 Å². The molecule has 0 aromatic heterocycles. The smallest absolute Gasteiger partial charge is 0.329 e. The molecule has 0 heterocycles. The number of rotatable bonds is 5. The van der Waals surface area contributed by atoms with Gasteiger partial charge in [0.2, 0.25) is 0 Å². The van der Waals surface area contributed by atoms with Crippen molar-refractivity contribution in [1.82, 2.24) is 5.43 Å². The minimum absolute atomic E-state index is 0.306. The molecule has 25 heavy (non-hydrogen) atoms. The second-order valence-electron chi connectivity index (χ2n) is 4.78. The van der Waals surface area contributed by atoms with Gasteiger partial charge in [0.1, 0.15) is 11.6 Å². The van der Waals surface area contributed by atoms with Crippen molar-refractivity contribution in [3.8, 4) is 5.75 Å². The van der Waals surface area contributed by atoms with E-state index in [2.05, 4.69) is 31.8 Å². The van der Waals surface area contributed by atoms with Gasteiger partial charge in [-0.25, -0.2) is 9.82 Å². The monoisotopic (exact) mass is 407 g/mol. The molecule has 6 nitrogen and oxygen atoms in total. The van der Waals surface area contributed by atoms with Crippen molar-refractivity contribution in [3.05, 3.63) is 58.3 Å². The molecule has 130 valence electrons. The normalized spacial score (nSPS) is 10.5. The van der Waals surface area contributed by atoms with E-state index >= 15 is 0 Å². The van der Waals surface area contributed by atoms with E-state index in [0.717, 1.165) is 4.47 Å². The van der Waals surface area contributed by atoms with Gasteiger partial charge in [0.15, 0.2) is 0 Å². The molecular formula is C17H15BrFN3O3. The summed E-state index contributed by atoms with van der Waals surface area (Å²) in [4.78, 5) is 23.4. The predicted molar refractivity (Wildman–Crippen MR) is 96.1 cm³/mol. The first-order valence-electron chi connectivity index (χ1n) is 7.32. The summed E-state index contributed by atoms with van der Waals surface area (Å²) in [6.45, 7) is 2.43. The summed E-state index contributed by atoms with van der Waals surface area (Å²) in [6, 6.07) is 10.3. The summed E-state index contributed by atoms with van der Waals surface area (Å²) in [5.74, 6) is -1.59. The third-order valence-electron chi connectivity index (χ3n) is 2.94. The zero-order valence-electron chi connectivity index (χ0n) is 13.3. The summed E-state index contributed by atoms with van der Waals surface area (Å²) < 4.78 is 18.9. The van der Waals surface area contributed by atoms with E-state index in [1.54, 1.807) is 18.2 Å². The fourth-order valence-corrected chi connectivity index (χ4v) is 2.32. The van der Waals surface area contributed by atoms with Crippen LogP contribution in [-0.2, 0) is 9.59 Å². The fraction of sp³-hybridized carbons (Fsp3) is 0.118. The number of nitrogens with one attached hydrogen (secondary N) is 2. The van der Waals surface area contributed by atoms with Crippen LogP contribution in [0.15, 0.2) is 52.0 Å². The standard InChI is InChI=1S/C17H15BrFN3O3/c1-2-25-15-8-3-11(9-14(15)18)10-20-22-17(24)16(23)21-13-6-4-12(19)5-7-13/h3-10H,2H2,1H3,(H,21,23)(H,22,24)/b20-10-. The van der Waals surface area contributed by atoms with Crippen molar-refractivity contribution >= 4 is 39.6 Å². The Bertz CT molecular complexity index is 794. The van der Waals surface area contributed by atoms with Crippen molar-refractivity contribution in [2.45, 2.75) is 6.92 Å². The first kappa shape index (κ1) is 18.6. The average molecular weight is 408 g/mol. The van der Waals surface area contributed by atoms with Gasteiger partial charge in [-0.1, -0.05) is 0 Å². The van der Waals surface area contributed by atoms with Crippen LogP contribution in [-0.4, -0.2) is 24.6 Å². The van der Waals surface area contributed by atoms with E-state index in [1.807, 2.05) is 6.92 Å². The van der Waals surface area contributed by atoms with E-state index < -0.39 is 17.6 Å². The number of halogens is 2. The number of carbonyl (C=O) groups is 2. The molecule has 0 fully saturated rings. The molecule has 0 aliphatic rings. The summed E-state index contributed by atoms with van der Waals surface area (Å²) in [5.41, 5.74) is 3.13. The van der Waals surface area contributed by atoms with Crippen LogP contribution in [0.4, 0.5) is 10.1 Å². The highest BCUT2D eigenvalue weighted by atomic mass is 79.9. The van der Waals surface area contributed by atoms with Gasteiger partial charge in [0, 0.05) is 5.69 Å². The highest BCUT2D eigenvalue weighted by molar-refractivity contribution is 9.10. The lowest BCUT2D eigenvalue weighted by molar-refractivity contribution is -0.136. The Morgan fingerprint density at radius 3 is 2.56 bits per heavy atom. The summed E-state index contributed by atoms with van der Waals surface area (Å²) >= 11 is 3.37. The number of amides is 2. The lowest BCUT2D eigenvalue weighted by Crippen LogP contribution is -2.32. The van der Waals surface area contributed by atoms with Gasteiger partial charge in [-0.15, -0.1) is 0 Å². The Hall–Kier alpha value is -2.74. The Kier molecular flexibility index (Phi) is 6.64. The molecular weight excluding hydrogens is 393 g/mol. The summed E-state index contributed by atoms with van der Waals surface area (Å²) in [7, 11) is 0. The van der Waals surface area contributed by atoms with E-state index in [0.29, 0.717) is 23.6 Å². The zero-order chi connectivity index (χ0) is 18.2. The Labute approximate surface area is 152 Å². The van der Waals surface area contributed by atoms with Crippen LogP contribution >= 0.6 is 15.9 Å². The van der Waals surface area contributed by atoms with Crippen LogP contribution in [0.25, 0.3) is 0 Å². The van der Waals surface area contributed by atoms with Crippen LogP contribution in [0.3, 0.4) is 0 Å². The topological polar surface area (TPSA) is 79.8 Å². The number of anilines is 1. The molecule has 0 spiro atoms. The van der Waals surface area contributed by atoms with Crippen molar-refractivity contribution < 1.29 is 18.7 Å². The number of hydrazone groups is 1. The maximum atomic E-state index is 12.8. The lowest BCUT2D eigenvalue weighted by atomic mass is 10.2. The van der Waals surface area contributed by atoms with Crippen LogP contribution in [0.2, 0.25) is 0 Å². The molecule has 0 aliphatic carbocycles. The van der Waals surface area contributed by atoms with Gasteiger partial charge in [0.05, 0.1) is 17.3 Å². The molecule has 2 aromatic rings. The lowest BCUT2D eigenvalue weighted by Gasteiger charge is -2.06. The number of hydrogen-bond donors (Lipinski definition) is 2. The molecule has 0 aliphatic heterocycles. The van der Waals surface area contributed by atoms with E-state index in [4.69, 9.17) is 4.74 Å². The number of hydrogen-bond acceptors (Lipinski definition) is 4. The summed E-state index contributed by atoms with van der Waals surface area (Å²) in [5, 5.41) is 6.06. The molecule has 0 unspecified atom stereocenters. The van der Waals surface area contributed by atoms with Crippen LogP contribution in [0.5, 0.6) is 5.75 Å². The molecule has 2 N–H and O–H groups in total. The van der Waals surface area contributed by atoms with E-state index in [-0.39, 0.29) is 0 Å². The predicted octanol–water partition coefficient (Wildman–Crippen LogP) is 3.08. The number of carbonyl (C=O) groups excluding carboxylic acids is 2. The van der Waals surface area contributed by atoms with Crippen molar-refractivity contribution in [1.29, 1.82) is 0 Å². The maximum Gasteiger partial charge on any atom is 0.329 e. The molecule has 0 atom stereocenters. The zero-order valence-corrected chi connectivity index (χ0v) is 14.8. The minimum Gasteiger partial charge on any atom is -0.493 e. The van der Waals surface area contributed by atoms with Crippen molar-refractivity contribution in [3.63, 3.8) is 0 Å². The van der Waals surface area contributed by atoms with Crippen molar-refractivity contribution in [2.24, 2.45) is 5.10 Å². The Morgan fingerprint density at radius 2 is 1.92 bits per heavy atom. The SMILES string of the molecule is CCOc1ccc(/C=N\NC(=O)C(=O)Nc2ccc(F)cc2)cc1Br. The molecule has 2 amide bonds. The molecule has 0 saturated heterocycles. The van der Waals surface area contributed by atoms with E-state index in [9.17, 15) is 14.0 Å². The summed E-state index contributed by atoms with van der Waals surface area (Å²) in [6.07, 6.45) is 1.39. The van der Waals surface area contributed by atoms with Gasteiger partial charge in [-0.05, 0) is 70.9 Å². The third kappa shape index (κ3) is 5.68. The van der Waals surface area contributed by atoms with Gasteiger partial charge in [-0.2, -0.15) is 5.10 Å². The molecule has 0 saturated carbocycles. The number of nitrogens with zero attached hydrogens (tertiary/aromatic N) is 1.